The number of rotatable bonds is 2. The van der Waals surface area contributed by atoms with Crippen molar-refractivity contribution in [2.75, 3.05) is 0 Å². The van der Waals surface area contributed by atoms with Crippen LogP contribution in [0.3, 0.4) is 0 Å². The molecule has 0 spiro atoms. The Morgan fingerprint density at radius 2 is 0.923 bits per heavy atom. The van der Waals surface area contributed by atoms with Gasteiger partial charge in [0.25, 0.3) is 0 Å². The lowest BCUT2D eigenvalue weighted by atomic mass is 9.87. The van der Waals surface area contributed by atoms with Gasteiger partial charge in [0.1, 0.15) is 0 Å². The van der Waals surface area contributed by atoms with Crippen molar-refractivity contribution in [2.24, 2.45) is 0 Å². The Hall–Kier alpha value is -4.59. The maximum Gasteiger partial charge on any atom is 0.0207 e. The van der Waals surface area contributed by atoms with Crippen LogP contribution in [0.15, 0.2) is 143 Å². The van der Waals surface area contributed by atoms with Crippen molar-refractivity contribution in [3.8, 4) is 33.4 Å². The van der Waals surface area contributed by atoms with Crippen LogP contribution >= 0.6 is 11.8 Å². The van der Waals surface area contributed by atoms with E-state index in [0.717, 1.165) is 0 Å². The first-order chi connectivity index (χ1) is 19.3. The van der Waals surface area contributed by atoms with Crippen LogP contribution < -0.4 is 0 Å². The largest absolute Gasteiger partial charge is 0.0888 e. The molecule has 0 amide bonds. The van der Waals surface area contributed by atoms with Crippen LogP contribution in [0.25, 0.3) is 76.5 Å². The molecule has 1 aliphatic rings. The van der Waals surface area contributed by atoms with Gasteiger partial charge in [-0.15, -0.1) is 0 Å². The van der Waals surface area contributed by atoms with E-state index in [1.54, 1.807) is 0 Å². The van der Waals surface area contributed by atoms with Crippen LogP contribution in [-0.4, -0.2) is 0 Å². The Morgan fingerprint density at radius 1 is 0.359 bits per heavy atom. The summed E-state index contributed by atoms with van der Waals surface area (Å²) in [4.78, 5) is 2.67. The lowest BCUT2D eigenvalue weighted by Gasteiger charge is -2.23. The summed E-state index contributed by atoms with van der Waals surface area (Å²) in [7, 11) is 0. The summed E-state index contributed by atoms with van der Waals surface area (Å²) in [5.41, 5.74) is 7.77. The van der Waals surface area contributed by atoms with Crippen molar-refractivity contribution in [1.29, 1.82) is 0 Å². The number of benzene rings is 8. The third kappa shape index (κ3) is 3.02. The highest BCUT2D eigenvalue weighted by Gasteiger charge is 2.22. The fourth-order valence-electron chi connectivity index (χ4n) is 6.69. The van der Waals surface area contributed by atoms with Gasteiger partial charge in [-0.05, 0) is 83.7 Å². The summed E-state index contributed by atoms with van der Waals surface area (Å²) in [6, 6.07) is 49.5. The van der Waals surface area contributed by atoms with Crippen molar-refractivity contribution < 1.29 is 0 Å². The number of hydrogen-bond acceptors (Lipinski definition) is 1. The van der Waals surface area contributed by atoms with Crippen LogP contribution in [0.4, 0.5) is 0 Å². The van der Waals surface area contributed by atoms with E-state index in [2.05, 4.69) is 133 Å². The van der Waals surface area contributed by atoms with Crippen molar-refractivity contribution >= 4 is 54.9 Å². The molecule has 0 aromatic heterocycles. The van der Waals surface area contributed by atoms with E-state index in [1.165, 1.54) is 86.3 Å². The fraction of sp³-hybridized carbons (Fsp3) is 0. The molecule has 0 bridgehead atoms. The average molecular weight is 511 g/mol. The zero-order valence-corrected chi connectivity index (χ0v) is 21.9. The minimum atomic E-state index is 1.25. The van der Waals surface area contributed by atoms with Gasteiger partial charge in [0.15, 0.2) is 0 Å². The molecule has 0 nitrogen and oxygen atoms in total. The Labute approximate surface area is 230 Å². The molecule has 8 aromatic carbocycles. The zero-order chi connectivity index (χ0) is 25.5. The molecule has 9 rings (SSSR count). The molecule has 0 unspecified atom stereocenters. The SMILES string of the molecule is c1cc(-c2cccc3c2-c2cccc4cccc(c24)S3)cc(-c2ccc3ccc4cccc5ccc2c3c45)c1. The van der Waals surface area contributed by atoms with Crippen molar-refractivity contribution in [3.05, 3.63) is 133 Å². The molecule has 8 aromatic rings. The normalized spacial score (nSPS) is 12.5. The molecule has 1 heteroatoms. The first-order valence-electron chi connectivity index (χ1n) is 13.4. The van der Waals surface area contributed by atoms with Crippen molar-refractivity contribution in [1.82, 2.24) is 0 Å². The van der Waals surface area contributed by atoms with Crippen LogP contribution in [0.2, 0.25) is 0 Å². The van der Waals surface area contributed by atoms with Crippen LogP contribution in [-0.2, 0) is 0 Å². The van der Waals surface area contributed by atoms with E-state index >= 15 is 0 Å². The molecule has 1 heterocycles. The lowest BCUT2D eigenvalue weighted by molar-refractivity contribution is 1.39. The second-order valence-corrected chi connectivity index (χ2v) is 11.6. The molecular formula is C38H22S. The standard InChI is InChI=1S/C38H22S/c1-6-24-16-17-26-18-20-29(31-21-19-25(7-1)35(24)37(26)31)27-10-2-11-28(22-27)30-12-5-15-34-38(30)32-13-3-8-23-9-4-14-33(39-34)36(23)32/h1-22H. The molecule has 1 aliphatic heterocycles. The summed E-state index contributed by atoms with van der Waals surface area (Å²) in [5, 5.41) is 10.6. The Balaban J connectivity index is 1.28. The Bertz CT molecular complexity index is 2230. The van der Waals surface area contributed by atoms with E-state index in [0.29, 0.717) is 0 Å². The predicted octanol–water partition coefficient (Wildman–Crippen LogP) is 11.2. The highest BCUT2D eigenvalue weighted by Crippen LogP contribution is 2.51. The van der Waals surface area contributed by atoms with Gasteiger partial charge in [-0.25, -0.2) is 0 Å². The molecule has 0 fully saturated rings. The lowest BCUT2D eigenvalue weighted by Crippen LogP contribution is -1.95. The Morgan fingerprint density at radius 3 is 1.77 bits per heavy atom. The van der Waals surface area contributed by atoms with Crippen LogP contribution in [0.1, 0.15) is 0 Å². The van der Waals surface area contributed by atoms with Gasteiger partial charge in [-0.2, -0.15) is 0 Å². The number of fused-ring (bicyclic) bond motifs is 2. The van der Waals surface area contributed by atoms with Gasteiger partial charge in [0.2, 0.25) is 0 Å². The quantitative estimate of drug-likeness (QED) is 0.208. The van der Waals surface area contributed by atoms with Crippen molar-refractivity contribution in [2.45, 2.75) is 9.79 Å². The van der Waals surface area contributed by atoms with Crippen molar-refractivity contribution in [3.63, 3.8) is 0 Å². The van der Waals surface area contributed by atoms with Gasteiger partial charge in [0.05, 0.1) is 0 Å². The zero-order valence-electron chi connectivity index (χ0n) is 21.1. The second-order valence-electron chi connectivity index (χ2n) is 10.5. The molecule has 0 N–H and O–H groups in total. The predicted molar refractivity (Wildman–Crippen MR) is 168 cm³/mol. The van der Waals surface area contributed by atoms with E-state index in [-0.39, 0.29) is 0 Å². The van der Waals surface area contributed by atoms with Gasteiger partial charge in [-0.3, -0.25) is 0 Å². The summed E-state index contributed by atoms with van der Waals surface area (Å²) in [6.45, 7) is 0. The summed E-state index contributed by atoms with van der Waals surface area (Å²) in [6.07, 6.45) is 0. The molecule has 0 aliphatic carbocycles. The highest BCUT2D eigenvalue weighted by molar-refractivity contribution is 7.99. The summed E-state index contributed by atoms with van der Waals surface area (Å²) >= 11 is 1.89. The van der Waals surface area contributed by atoms with Gasteiger partial charge >= 0.3 is 0 Å². The maximum atomic E-state index is 2.38. The molecule has 0 radical (unpaired) electrons. The maximum absolute atomic E-state index is 2.38. The third-order valence-electron chi connectivity index (χ3n) is 8.40. The van der Waals surface area contributed by atoms with Gasteiger partial charge in [0, 0.05) is 20.7 Å². The summed E-state index contributed by atoms with van der Waals surface area (Å²) < 4.78 is 0. The topological polar surface area (TPSA) is 0 Å². The minimum absolute atomic E-state index is 1.25. The van der Waals surface area contributed by atoms with E-state index in [4.69, 9.17) is 0 Å². The average Bonchev–Trinajstić information content (AvgIpc) is 3.00. The van der Waals surface area contributed by atoms with E-state index < -0.39 is 0 Å². The van der Waals surface area contributed by atoms with Gasteiger partial charge in [-0.1, -0.05) is 127 Å². The molecular weight excluding hydrogens is 488 g/mol. The van der Waals surface area contributed by atoms with Gasteiger partial charge < -0.3 is 0 Å². The summed E-state index contributed by atoms with van der Waals surface area (Å²) in [5.74, 6) is 0. The molecule has 180 valence electrons. The minimum Gasteiger partial charge on any atom is -0.0888 e. The molecule has 0 atom stereocenters. The Kier molecular flexibility index (Phi) is 4.36. The van der Waals surface area contributed by atoms with E-state index in [9.17, 15) is 0 Å². The second kappa shape index (κ2) is 7.96. The third-order valence-corrected chi connectivity index (χ3v) is 9.52. The number of hydrogen-bond donors (Lipinski definition) is 0. The molecule has 0 saturated carbocycles. The fourth-order valence-corrected chi connectivity index (χ4v) is 7.88. The smallest absolute Gasteiger partial charge is 0.0207 e. The monoisotopic (exact) mass is 510 g/mol. The van der Waals surface area contributed by atoms with E-state index in [1.807, 2.05) is 11.8 Å². The van der Waals surface area contributed by atoms with Crippen LogP contribution in [0, 0.1) is 0 Å². The first-order valence-corrected chi connectivity index (χ1v) is 14.3. The highest BCUT2D eigenvalue weighted by atomic mass is 32.2. The first kappa shape index (κ1) is 21.4. The molecule has 39 heavy (non-hydrogen) atoms. The molecule has 0 saturated heterocycles. The van der Waals surface area contributed by atoms with Crippen LogP contribution in [0.5, 0.6) is 0 Å².